The number of hydrogen-bond acceptors (Lipinski definition) is 4. The van der Waals surface area contributed by atoms with Crippen LogP contribution < -0.4 is 0 Å². The minimum Gasteiger partial charge on any atom is -0.434 e. The number of ether oxygens (including phenoxy) is 2. The molecule has 0 bridgehead atoms. The first-order valence-corrected chi connectivity index (χ1v) is 4.78. The highest BCUT2D eigenvalue weighted by atomic mass is 127. The van der Waals surface area contributed by atoms with Gasteiger partial charge in [0, 0.05) is 28.5 Å². The van der Waals surface area contributed by atoms with Crippen LogP contribution in [0.1, 0.15) is 19.8 Å². The number of hydrogen-bond donors (Lipinski definition) is 0. The number of esters is 1. The number of unbranched alkanes of at least 4 members (excludes halogenated alkanes) is 1. The minimum atomic E-state index is -0.988. The third-order valence-corrected chi connectivity index (χ3v) is 1.31. The lowest BCUT2D eigenvalue weighted by Crippen LogP contribution is -2.12. The summed E-state index contributed by atoms with van der Waals surface area (Å²) >= 11 is 1.67. The van der Waals surface area contributed by atoms with E-state index in [4.69, 9.17) is 0 Å². The molecule has 0 heterocycles. The normalized spacial score (nSPS) is 8.15. The summed E-state index contributed by atoms with van der Waals surface area (Å²) in [5.41, 5.74) is 0. The van der Waals surface area contributed by atoms with Crippen molar-refractivity contribution in [3.05, 3.63) is 0 Å². The second-order valence-corrected chi connectivity index (χ2v) is 2.60. The number of rotatable bonds is 3. The van der Waals surface area contributed by atoms with Crippen LogP contribution in [-0.4, -0.2) is 18.7 Å². The largest absolute Gasteiger partial charge is 0.516 e. The lowest BCUT2D eigenvalue weighted by molar-refractivity contribution is -0.133. The highest BCUT2D eigenvalue weighted by Gasteiger charge is 2.08. The van der Waals surface area contributed by atoms with Crippen LogP contribution in [0.15, 0.2) is 0 Å². The molecule has 5 heteroatoms. The van der Waals surface area contributed by atoms with Crippen molar-refractivity contribution < 1.29 is 19.1 Å². The van der Waals surface area contributed by atoms with E-state index in [0.29, 0.717) is 0 Å². The van der Waals surface area contributed by atoms with Gasteiger partial charge in [0.1, 0.15) is 0 Å². The summed E-state index contributed by atoms with van der Waals surface area (Å²) in [4.78, 5) is 21.3. The Labute approximate surface area is 90.1 Å². The van der Waals surface area contributed by atoms with Gasteiger partial charge >= 0.3 is 12.1 Å². The maximum absolute atomic E-state index is 10.7. The van der Waals surface area contributed by atoms with Crippen LogP contribution in [0, 0.1) is 9.85 Å². The Morgan fingerprint density at radius 3 is 2.69 bits per heavy atom. The molecule has 0 aliphatic rings. The third kappa shape index (κ3) is 7.59. The fourth-order valence-electron chi connectivity index (χ4n) is 0.469. The molecule has 0 aromatic heterocycles. The molecule has 4 nitrogen and oxygen atoms in total. The van der Waals surface area contributed by atoms with E-state index < -0.39 is 12.1 Å². The summed E-state index contributed by atoms with van der Waals surface area (Å²) < 4.78 is 11.0. The lowest BCUT2D eigenvalue weighted by atomic mass is 10.4. The fourth-order valence-corrected chi connectivity index (χ4v) is 0.689. The van der Waals surface area contributed by atoms with Crippen LogP contribution in [0.25, 0.3) is 0 Å². The van der Waals surface area contributed by atoms with E-state index in [1.807, 2.05) is 12.8 Å². The molecule has 0 aliphatic carbocycles. The molecule has 0 aliphatic heterocycles. The Morgan fingerprint density at radius 2 is 2.15 bits per heavy atom. The summed E-state index contributed by atoms with van der Waals surface area (Å²) in [7, 11) is 0. The van der Waals surface area contributed by atoms with Crippen molar-refractivity contribution in [3.8, 4) is 9.85 Å². The van der Waals surface area contributed by atoms with Crippen LogP contribution >= 0.6 is 22.6 Å². The average molecular weight is 296 g/mol. The van der Waals surface area contributed by atoms with E-state index in [-0.39, 0.29) is 6.61 Å². The molecular weight excluding hydrogens is 287 g/mol. The van der Waals surface area contributed by atoms with Crippen LogP contribution in [-0.2, 0) is 14.3 Å². The van der Waals surface area contributed by atoms with Crippen molar-refractivity contribution in [2.75, 3.05) is 6.61 Å². The molecule has 0 radical (unpaired) electrons. The molecule has 72 valence electrons. The molecule has 0 rings (SSSR count). The highest BCUT2D eigenvalue weighted by Crippen LogP contribution is 1.91. The van der Waals surface area contributed by atoms with Gasteiger partial charge in [-0.1, -0.05) is 13.3 Å². The molecule has 0 atom stereocenters. The number of carbonyl (C=O) groups is 2. The standard InChI is InChI=1S/C8H9IO4/c1-2-3-6-12-8(11)13-7(10)4-5-9/h2-3,6H2,1H3. The Balaban J connectivity index is 3.60. The Kier molecular flexibility index (Phi) is 7.39. The first-order chi connectivity index (χ1) is 6.20. The summed E-state index contributed by atoms with van der Waals surface area (Å²) in [6.45, 7) is 2.22. The van der Waals surface area contributed by atoms with E-state index in [1.165, 1.54) is 0 Å². The van der Waals surface area contributed by atoms with Gasteiger partial charge in [-0.05, 0) is 10.3 Å². The second kappa shape index (κ2) is 7.86. The molecule has 0 spiro atoms. The molecule has 13 heavy (non-hydrogen) atoms. The predicted molar refractivity (Wildman–Crippen MR) is 54.1 cm³/mol. The van der Waals surface area contributed by atoms with Gasteiger partial charge in [0.2, 0.25) is 0 Å². The zero-order valence-electron chi connectivity index (χ0n) is 7.13. The van der Waals surface area contributed by atoms with E-state index in [9.17, 15) is 9.59 Å². The van der Waals surface area contributed by atoms with E-state index in [1.54, 1.807) is 22.6 Å². The SMILES string of the molecule is CCCCOC(=O)OC(=O)C#CI. The van der Waals surface area contributed by atoms with Gasteiger partial charge in [0.15, 0.2) is 0 Å². The smallest absolute Gasteiger partial charge is 0.434 e. The first-order valence-electron chi connectivity index (χ1n) is 3.71. The van der Waals surface area contributed by atoms with Crippen molar-refractivity contribution in [1.82, 2.24) is 0 Å². The summed E-state index contributed by atoms with van der Waals surface area (Å²) in [5, 5.41) is 0. The number of halogens is 1. The summed E-state index contributed by atoms with van der Waals surface area (Å²) in [6.07, 6.45) is 0.674. The highest BCUT2D eigenvalue weighted by molar-refractivity contribution is 14.1. The Morgan fingerprint density at radius 1 is 1.46 bits per heavy atom. The van der Waals surface area contributed by atoms with E-state index in [2.05, 4.69) is 13.4 Å². The van der Waals surface area contributed by atoms with E-state index in [0.717, 1.165) is 12.8 Å². The average Bonchev–Trinajstić information content (AvgIpc) is 2.05. The van der Waals surface area contributed by atoms with Crippen LogP contribution in [0.5, 0.6) is 0 Å². The number of carbonyl (C=O) groups excluding carboxylic acids is 2. The quantitative estimate of drug-likeness (QED) is 0.262. The van der Waals surface area contributed by atoms with E-state index >= 15 is 0 Å². The van der Waals surface area contributed by atoms with Gasteiger partial charge < -0.3 is 9.47 Å². The summed E-state index contributed by atoms with van der Waals surface area (Å²) in [6, 6.07) is 0. The molecule has 0 saturated carbocycles. The minimum absolute atomic E-state index is 0.264. The van der Waals surface area contributed by atoms with Gasteiger partial charge in [-0.15, -0.1) is 0 Å². The maximum atomic E-state index is 10.7. The Hall–Kier alpha value is -0.770. The first kappa shape index (κ1) is 12.2. The van der Waals surface area contributed by atoms with Gasteiger partial charge in [-0.3, -0.25) is 0 Å². The summed E-state index contributed by atoms with van der Waals surface area (Å²) in [5.74, 6) is 1.15. The molecular formula is C8H9IO4. The third-order valence-electron chi connectivity index (χ3n) is 1.04. The van der Waals surface area contributed by atoms with Crippen molar-refractivity contribution >= 4 is 34.7 Å². The van der Waals surface area contributed by atoms with Crippen LogP contribution in [0.4, 0.5) is 4.79 Å². The maximum Gasteiger partial charge on any atom is 0.516 e. The molecule has 0 saturated heterocycles. The molecule has 0 amide bonds. The zero-order valence-corrected chi connectivity index (χ0v) is 9.29. The lowest BCUT2D eigenvalue weighted by Gasteiger charge is -2.00. The van der Waals surface area contributed by atoms with Gasteiger partial charge in [-0.2, -0.15) is 0 Å². The molecule has 0 fully saturated rings. The van der Waals surface area contributed by atoms with Crippen LogP contribution in [0.2, 0.25) is 0 Å². The molecule has 0 N–H and O–H groups in total. The van der Waals surface area contributed by atoms with Crippen molar-refractivity contribution in [3.63, 3.8) is 0 Å². The van der Waals surface area contributed by atoms with Gasteiger partial charge in [0.25, 0.3) is 0 Å². The molecule has 0 aromatic carbocycles. The fraction of sp³-hybridized carbons (Fsp3) is 0.500. The van der Waals surface area contributed by atoms with Crippen molar-refractivity contribution in [2.45, 2.75) is 19.8 Å². The van der Waals surface area contributed by atoms with Crippen molar-refractivity contribution in [2.24, 2.45) is 0 Å². The topological polar surface area (TPSA) is 52.6 Å². The monoisotopic (exact) mass is 296 g/mol. The van der Waals surface area contributed by atoms with Crippen molar-refractivity contribution in [1.29, 1.82) is 0 Å². The van der Waals surface area contributed by atoms with Crippen LogP contribution in [0.3, 0.4) is 0 Å². The van der Waals surface area contributed by atoms with Gasteiger partial charge in [-0.25, -0.2) is 9.59 Å². The molecule has 0 unspecified atom stereocenters. The Bertz CT molecular complexity index is 238. The zero-order chi connectivity index (χ0) is 10.1. The predicted octanol–water partition coefficient (Wildman–Crippen LogP) is 1.86. The molecule has 0 aromatic rings. The second-order valence-electron chi connectivity index (χ2n) is 2.06. The van der Waals surface area contributed by atoms with Gasteiger partial charge in [0.05, 0.1) is 6.61 Å².